The smallest absolute Gasteiger partial charge is 0.115 e. The molecule has 0 radical (unpaired) electrons. The molecule has 0 N–H and O–H groups in total. The van der Waals surface area contributed by atoms with Gasteiger partial charge in [-0.2, -0.15) is 10.5 Å². The Hall–Kier alpha value is -1.18. The Kier molecular flexibility index (Phi) is 4.91. The molecule has 6 nitrogen and oxygen atoms in total. The first-order valence-electron chi connectivity index (χ1n) is 6.07. The zero-order valence-corrected chi connectivity index (χ0v) is 10.1. The molecule has 2 aliphatic rings. The molecule has 2 saturated heterocycles. The molecule has 6 heteroatoms. The lowest BCUT2D eigenvalue weighted by Gasteiger charge is -2.16. The average Bonchev–Trinajstić information content (AvgIpc) is 2.94. The summed E-state index contributed by atoms with van der Waals surface area (Å²) in [6.07, 6.45) is 0.277. The molecule has 0 bridgehead atoms. The number of hydrogen-bond acceptors (Lipinski definition) is 6. The summed E-state index contributed by atoms with van der Waals surface area (Å²) in [5.41, 5.74) is 0. The van der Waals surface area contributed by atoms with Gasteiger partial charge in [0.05, 0.1) is 51.4 Å². The maximum Gasteiger partial charge on any atom is 0.115 e. The van der Waals surface area contributed by atoms with E-state index >= 15 is 0 Å². The number of hydrogen-bond donors (Lipinski definition) is 0. The third-order valence-electron chi connectivity index (χ3n) is 3.05. The van der Waals surface area contributed by atoms with Gasteiger partial charge in [0.1, 0.15) is 24.4 Å². The number of nitrogens with zero attached hydrogens (tertiary/aromatic N) is 2. The quantitative estimate of drug-likeness (QED) is 0.635. The van der Waals surface area contributed by atoms with Crippen molar-refractivity contribution < 1.29 is 18.9 Å². The molecule has 98 valence electrons. The van der Waals surface area contributed by atoms with Gasteiger partial charge < -0.3 is 18.9 Å². The average molecular weight is 252 g/mol. The van der Waals surface area contributed by atoms with Crippen molar-refractivity contribution >= 4 is 0 Å². The van der Waals surface area contributed by atoms with E-state index in [2.05, 4.69) is 0 Å². The predicted molar refractivity (Wildman–Crippen MR) is 59.4 cm³/mol. The fourth-order valence-electron chi connectivity index (χ4n) is 2.23. The second-order valence-corrected chi connectivity index (χ2v) is 4.23. The summed E-state index contributed by atoms with van der Waals surface area (Å²) < 4.78 is 22.3. The summed E-state index contributed by atoms with van der Waals surface area (Å²) in [4.78, 5) is 0. The molecule has 0 aromatic rings. The largest absolute Gasteiger partial charge is 0.372 e. The van der Waals surface area contributed by atoms with Crippen LogP contribution < -0.4 is 0 Å². The lowest BCUT2D eigenvalue weighted by molar-refractivity contribution is -0.0484. The maximum absolute atomic E-state index is 8.45. The monoisotopic (exact) mass is 252 g/mol. The molecule has 2 unspecified atom stereocenters. The summed E-state index contributed by atoms with van der Waals surface area (Å²) in [6.45, 7) is 1.74. The Balaban J connectivity index is 1.76. The summed E-state index contributed by atoms with van der Waals surface area (Å²) in [6, 6.07) is 4.07. The molecule has 0 aliphatic carbocycles. The summed E-state index contributed by atoms with van der Waals surface area (Å²) in [5, 5.41) is 16.9. The molecule has 0 spiro atoms. The van der Waals surface area contributed by atoms with Gasteiger partial charge in [0.25, 0.3) is 0 Å². The van der Waals surface area contributed by atoms with Crippen molar-refractivity contribution in [2.45, 2.75) is 37.3 Å². The van der Waals surface area contributed by atoms with E-state index in [4.69, 9.17) is 29.5 Å². The Labute approximate surface area is 106 Å². The van der Waals surface area contributed by atoms with Crippen LogP contribution in [0.2, 0.25) is 0 Å². The third-order valence-corrected chi connectivity index (χ3v) is 3.05. The zero-order valence-electron chi connectivity index (χ0n) is 10.1. The normalized spacial score (nSPS) is 33.9. The van der Waals surface area contributed by atoms with Crippen LogP contribution in [0.3, 0.4) is 0 Å². The van der Waals surface area contributed by atoms with Gasteiger partial charge in [-0.05, 0) is 0 Å². The Morgan fingerprint density at radius 1 is 0.889 bits per heavy atom. The highest BCUT2D eigenvalue weighted by atomic mass is 16.6. The maximum atomic E-state index is 8.45. The first-order valence-corrected chi connectivity index (χ1v) is 6.07. The number of fused-ring (bicyclic) bond motifs is 1. The minimum Gasteiger partial charge on any atom is -0.372 e. The van der Waals surface area contributed by atoms with E-state index in [1.165, 1.54) is 0 Å². The van der Waals surface area contributed by atoms with Crippen LogP contribution in [0.25, 0.3) is 0 Å². The third kappa shape index (κ3) is 2.98. The van der Waals surface area contributed by atoms with Gasteiger partial charge in [0.2, 0.25) is 0 Å². The molecule has 0 aromatic heterocycles. The van der Waals surface area contributed by atoms with E-state index in [1.807, 2.05) is 12.1 Å². The summed E-state index contributed by atoms with van der Waals surface area (Å²) in [5.74, 6) is 0. The Morgan fingerprint density at radius 2 is 1.33 bits per heavy atom. The molecule has 0 saturated carbocycles. The van der Waals surface area contributed by atoms with Crippen molar-refractivity contribution in [3.8, 4) is 12.1 Å². The van der Waals surface area contributed by atoms with Gasteiger partial charge in [-0.1, -0.05) is 0 Å². The number of nitriles is 2. The summed E-state index contributed by atoms with van der Waals surface area (Å²) >= 11 is 0. The van der Waals surface area contributed by atoms with Crippen molar-refractivity contribution in [3.63, 3.8) is 0 Å². The molecule has 0 aromatic carbocycles. The molecular weight excluding hydrogens is 236 g/mol. The van der Waals surface area contributed by atoms with E-state index in [0.717, 1.165) is 0 Å². The van der Waals surface area contributed by atoms with E-state index in [0.29, 0.717) is 39.3 Å². The summed E-state index contributed by atoms with van der Waals surface area (Å²) in [7, 11) is 0. The van der Waals surface area contributed by atoms with Gasteiger partial charge in [0, 0.05) is 0 Å². The lowest BCUT2D eigenvalue weighted by Crippen LogP contribution is -2.34. The van der Waals surface area contributed by atoms with Crippen LogP contribution in [-0.2, 0) is 18.9 Å². The highest BCUT2D eigenvalue weighted by Gasteiger charge is 2.48. The minimum absolute atomic E-state index is 0.115. The van der Waals surface area contributed by atoms with Crippen LogP contribution in [0.5, 0.6) is 0 Å². The fourth-order valence-corrected chi connectivity index (χ4v) is 2.23. The highest BCUT2D eigenvalue weighted by Crippen LogP contribution is 2.30. The van der Waals surface area contributed by atoms with E-state index in [9.17, 15) is 0 Å². The van der Waals surface area contributed by atoms with Crippen molar-refractivity contribution in [1.29, 1.82) is 10.5 Å². The van der Waals surface area contributed by atoms with Crippen molar-refractivity contribution in [2.75, 3.05) is 26.4 Å². The predicted octanol–water partition coefficient (Wildman–Crippen LogP) is 0.382. The van der Waals surface area contributed by atoms with E-state index in [-0.39, 0.29) is 24.4 Å². The van der Waals surface area contributed by atoms with Crippen molar-refractivity contribution in [2.24, 2.45) is 0 Å². The van der Waals surface area contributed by atoms with Gasteiger partial charge >= 0.3 is 0 Å². The topological polar surface area (TPSA) is 84.5 Å². The molecule has 4 atom stereocenters. The highest BCUT2D eigenvalue weighted by molar-refractivity contribution is 4.96. The molecule has 2 aliphatic heterocycles. The molecule has 2 rings (SSSR count). The van der Waals surface area contributed by atoms with Crippen LogP contribution in [0.15, 0.2) is 0 Å². The lowest BCUT2D eigenvalue weighted by atomic mass is 10.1. The van der Waals surface area contributed by atoms with Crippen LogP contribution in [0.4, 0.5) is 0 Å². The van der Waals surface area contributed by atoms with Crippen LogP contribution >= 0.6 is 0 Å². The molecule has 2 fully saturated rings. The number of ether oxygens (including phenoxy) is 4. The van der Waals surface area contributed by atoms with E-state index in [1.54, 1.807) is 0 Å². The molecule has 18 heavy (non-hydrogen) atoms. The van der Waals surface area contributed by atoms with Gasteiger partial charge in [-0.3, -0.25) is 0 Å². The van der Waals surface area contributed by atoms with Crippen LogP contribution in [-0.4, -0.2) is 50.8 Å². The van der Waals surface area contributed by atoms with Gasteiger partial charge in [-0.15, -0.1) is 0 Å². The van der Waals surface area contributed by atoms with E-state index < -0.39 is 0 Å². The second-order valence-electron chi connectivity index (χ2n) is 4.23. The first kappa shape index (κ1) is 13.3. The molecule has 2 heterocycles. The minimum atomic E-state index is -0.118. The van der Waals surface area contributed by atoms with Gasteiger partial charge in [-0.25, -0.2) is 0 Å². The fraction of sp³-hybridized carbons (Fsp3) is 0.833. The standard InChI is InChI=1S/C12H16N2O4/c13-3-1-5-15-9-7-17-12-10(8-18-11(9)12)16-6-2-4-14/h9-12H,1-2,5-8H2/t9-,10-,11?,12?/m0/s1. The van der Waals surface area contributed by atoms with Crippen LogP contribution in [0, 0.1) is 22.7 Å². The zero-order chi connectivity index (χ0) is 12.8. The Morgan fingerprint density at radius 3 is 1.72 bits per heavy atom. The van der Waals surface area contributed by atoms with Crippen molar-refractivity contribution in [3.05, 3.63) is 0 Å². The van der Waals surface area contributed by atoms with Crippen LogP contribution in [0.1, 0.15) is 12.8 Å². The molecule has 0 amide bonds. The SMILES string of the molecule is N#CCCO[C@H]1COC2C1OC[C@@H]2OCCC#N. The van der Waals surface area contributed by atoms with Crippen molar-refractivity contribution in [1.82, 2.24) is 0 Å². The first-order chi connectivity index (χ1) is 8.86. The molecular formula is C12H16N2O4. The number of rotatable bonds is 6. The van der Waals surface area contributed by atoms with Gasteiger partial charge in [0.15, 0.2) is 0 Å². The Bertz CT molecular complexity index is 315. The second kappa shape index (κ2) is 6.67.